The number of ketones is 1. The van der Waals surface area contributed by atoms with Crippen molar-refractivity contribution in [3.05, 3.63) is 69.3 Å². The largest absolute Gasteiger partial charge is 0.465 e. The molecular formula is C27H26BrNO5. The lowest BCUT2D eigenvalue weighted by Gasteiger charge is -2.37. The summed E-state index contributed by atoms with van der Waals surface area (Å²) in [5, 5.41) is 0. The third kappa shape index (κ3) is 4.06. The number of hydrogen-bond donors (Lipinski definition) is 0. The molecule has 1 aliphatic carbocycles. The minimum atomic E-state index is -0.681. The Labute approximate surface area is 207 Å². The van der Waals surface area contributed by atoms with Crippen molar-refractivity contribution >= 4 is 33.4 Å². The minimum Gasteiger partial charge on any atom is -0.465 e. The van der Waals surface area contributed by atoms with E-state index in [1.165, 1.54) is 0 Å². The molecule has 3 aliphatic rings. The molecule has 3 atom stereocenters. The smallest absolute Gasteiger partial charge is 0.315 e. The number of carbonyl (C=O) groups is 2. The zero-order valence-corrected chi connectivity index (χ0v) is 20.8. The van der Waals surface area contributed by atoms with Crippen molar-refractivity contribution in [3.8, 4) is 11.5 Å². The Hall–Kier alpha value is -2.93. The number of carbonyl (C=O) groups excluding carboxylic acids is 2. The standard InChI is InChI=1S/C27H26BrNO5/c1-3-9-32-27(31)24-15(2)29-20-10-17(16-7-5-4-6-8-16)11-21(30)26(20)25(24)18-12-22-23(13-19(18)28)34-14-33-22/h4-8,12-13,17,24-25H,3,9-11,14H2,1-2H3/t17-,24?,25+/m1/s1. The SMILES string of the molecule is CCCOC(=O)C1C(C)=NC2=C(C(=O)C[C@H](c3ccccc3)C2)[C@H]1c1cc2c(cc1Br)OCO2. The van der Waals surface area contributed by atoms with Gasteiger partial charge in [-0.05, 0) is 48.9 Å². The van der Waals surface area contributed by atoms with Crippen molar-refractivity contribution in [1.82, 2.24) is 0 Å². The maximum Gasteiger partial charge on any atom is 0.315 e. The summed E-state index contributed by atoms with van der Waals surface area (Å²) in [6, 6.07) is 13.8. The van der Waals surface area contributed by atoms with Crippen LogP contribution in [0.3, 0.4) is 0 Å². The Morgan fingerprint density at radius 3 is 2.62 bits per heavy atom. The number of fused-ring (bicyclic) bond motifs is 1. The third-order valence-electron chi connectivity index (χ3n) is 6.69. The fourth-order valence-electron chi connectivity index (χ4n) is 5.13. The predicted octanol–water partition coefficient (Wildman–Crippen LogP) is 5.71. The van der Waals surface area contributed by atoms with E-state index in [-0.39, 0.29) is 24.5 Å². The average molecular weight is 524 g/mol. The summed E-state index contributed by atoms with van der Waals surface area (Å²) >= 11 is 3.66. The van der Waals surface area contributed by atoms with Gasteiger partial charge < -0.3 is 14.2 Å². The highest BCUT2D eigenvalue weighted by molar-refractivity contribution is 9.10. The fourth-order valence-corrected chi connectivity index (χ4v) is 5.69. The van der Waals surface area contributed by atoms with E-state index in [9.17, 15) is 9.59 Å². The van der Waals surface area contributed by atoms with Gasteiger partial charge in [0.15, 0.2) is 17.3 Å². The molecule has 1 unspecified atom stereocenters. The second-order valence-corrected chi connectivity index (χ2v) is 9.76. The number of ether oxygens (including phenoxy) is 3. The zero-order chi connectivity index (χ0) is 23.8. The highest BCUT2D eigenvalue weighted by Crippen LogP contribution is 2.50. The lowest BCUT2D eigenvalue weighted by Crippen LogP contribution is -2.38. The van der Waals surface area contributed by atoms with Gasteiger partial charge in [-0.3, -0.25) is 14.6 Å². The molecule has 2 aliphatic heterocycles. The van der Waals surface area contributed by atoms with Crippen LogP contribution in [0.25, 0.3) is 0 Å². The summed E-state index contributed by atoms with van der Waals surface area (Å²) in [4.78, 5) is 31.8. The van der Waals surface area contributed by atoms with Crippen molar-refractivity contribution in [2.45, 2.75) is 44.9 Å². The molecule has 2 aromatic carbocycles. The summed E-state index contributed by atoms with van der Waals surface area (Å²) in [6.45, 7) is 4.28. The van der Waals surface area contributed by atoms with Gasteiger partial charge in [-0.25, -0.2) is 0 Å². The molecule has 0 N–H and O–H groups in total. The first-order valence-corrected chi connectivity index (χ1v) is 12.4. The van der Waals surface area contributed by atoms with E-state index in [0.29, 0.717) is 42.2 Å². The number of rotatable bonds is 5. The van der Waals surface area contributed by atoms with E-state index in [2.05, 4.69) is 28.1 Å². The lowest BCUT2D eigenvalue weighted by atomic mass is 9.69. The first-order chi connectivity index (χ1) is 16.5. The molecule has 0 spiro atoms. The molecule has 34 heavy (non-hydrogen) atoms. The van der Waals surface area contributed by atoms with E-state index < -0.39 is 11.8 Å². The summed E-state index contributed by atoms with van der Waals surface area (Å²) in [5.74, 6) is -0.226. The van der Waals surface area contributed by atoms with Crippen LogP contribution in [0.4, 0.5) is 0 Å². The topological polar surface area (TPSA) is 74.2 Å². The molecule has 2 heterocycles. The summed E-state index contributed by atoms with van der Waals surface area (Å²) in [6.07, 6.45) is 1.75. The average Bonchev–Trinajstić information content (AvgIpc) is 3.28. The molecule has 0 bridgehead atoms. The highest BCUT2D eigenvalue weighted by Gasteiger charge is 2.45. The van der Waals surface area contributed by atoms with Gasteiger partial charge in [0, 0.05) is 33.8 Å². The normalized spacial score (nSPS) is 23.4. The molecule has 5 rings (SSSR count). The Bertz CT molecular complexity index is 1200. The number of nitrogens with zero attached hydrogens (tertiary/aromatic N) is 1. The first kappa shape index (κ1) is 22.8. The molecule has 0 saturated carbocycles. The van der Waals surface area contributed by atoms with E-state index in [1.807, 2.05) is 44.2 Å². The number of halogens is 1. The van der Waals surface area contributed by atoms with Crippen molar-refractivity contribution in [1.29, 1.82) is 0 Å². The minimum absolute atomic E-state index is 0.0224. The first-order valence-electron chi connectivity index (χ1n) is 11.6. The van der Waals surface area contributed by atoms with Crippen LogP contribution in [-0.2, 0) is 14.3 Å². The predicted molar refractivity (Wildman–Crippen MR) is 131 cm³/mol. The third-order valence-corrected chi connectivity index (χ3v) is 7.38. The van der Waals surface area contributed by atoms with Gasteiger partial charge in [0.2, 0.25) is 6.79 Å². The number of Topliss-reactive ketones (excluding diaryl/α,β-unsaturated/α-hetero) is 1. The van der Waals surface area contributed by atoms with Crippen LogP contribution in [0.15, 0.2) is 63.2 Å². The second-order valence-electron chi connectivity index (χ2n) is 8.90. The van der Waals surface area contributed by atoms with Crippen LogP contribution >= 0.6 is 15.9 Å². The Morgan fingerprint density at radius 1 is 1.15 bits per heavy atom. The molecule has 2 aromatic rings. The van der Waals surface area contributed by atoms with Gasteiger partial charge in [-0.1, -0.05) is 53.2 Å². The van der Waals surface area contributed by atoms with Crippen molar-refractivity contribution in [2.75, 3.05) is 13.4 Å². The van der Waals surface area contributed by atoms with Crippen LogP contribution in [0.5, 0.6) is 11.5 Å². The summed E-state index contributed by atoms with van der Waals surface area (Å²) < 4.78 is 17.5. The summed E-state index contributed by atoms with van der Waals surface area (Å²) in [5.41, 5.74) is 3.96. The van der Waals surface area contributed by atoms with Gasteiger partial charge in [-0.2, -0.15) is 0 Å². The maximum absolute atomic E-state index is 13.7. The van der Waals surface area contributed by atoms with Gasteiger partial charge in [0.1, 0.15) is 5.92 Å². The molecular weight excluding hydrogens is 498 g/mol. The number of esters is 1. The summed E-state index contributed by atoms with van der Waals surface area (Å²) in [7, 11) is 0. The van der Waals surface area contributed by atoms with Crippen LogP contribution in [0.2, 0.25) is 0 Å². The van der Waals surface area contributed by atoms with Crippen LogP contribution < -0.4 is 9.47 Å². The highest BCUT2D eigenvalue weighted by atomic mass is 79.9. The molecule has 6 nitrogen and oxygen atoms in total. The molecule has 0 radical (unpaired) electrons. The molecule has 0 aromatic heterocycles. The Kier molecular flexibility index (Phi) is 6.30. The maximum atomic E-state index is 13.7. The van der Waals surface area contributed by atoms with Gasteiger partial charge >= 0.3 is 5.97 Å². The van der Waals surface area contributed by atoms with Gasteiger partial charge in [-0.15, -0.1) is 0 Å². The fraction of sp³-hybridized carbons (Fsp3) is 0.370. The van der Waals surface area contributed by atoms with E-state index >= 15 is 0 Å². The quantitative estimate of drug-likeness (QED) is 0.469. The molecule has 7 heteroatoms. The number of benzene rings is 2. The monoisotopic (exact) mass is 523 g/mol. The zero-order valence-electron chi connectivity index (χ0n) is 19.2. The molecule has 0 saturated heterocycles. The number of allylic oxidation sites excluding steroid dienone is 2. The molecule has 0 fully saturated rings. The lowest BCUT2D eigenvalue weighted by molar-refractivity contribution is -0.146. The van der Waals surface area contributed by atoms with E-state index in [0.717, 1.165) is 27.7 Å². The van der Waals surface area contributed by atoms with Crippen molar-refractivity contribution in [3.63, 3.8) is 0 Å². The number of aliphatic imine (C=N–C) groups is 1. The van der Waals surface area contributed by atoms with Crippen LogP contribution in [0.1, 0.15) is 56.1 Å². The Balaban J connectivity index is 1.62. The van der Waals surface area contributed by atoms with E-state index in [1.54, 1.807) is 0 Å². The van der Waals surface area contributed by atoms with Crippen molar-refractivity contribution in [2.24, 2.45) is 10.9 Å². The van der Waals surface area contributed by atoms with Crippen LogP contribution in [0, 0.1) is 5.92 Å². The van der Waals surface area contributed by atoms with Gasteiger partial charge in [0.25, 0.3) is 0 Å². The second kappa shape index (κ2) is 9.37. The number of hydrogen-bond acceptors (Lipinski definition) is 6. The van der Waals surface area contributed by atoms with Crippen LogP contribution in [-0.4, -0.2) is 30.9 Å². The molecule has 0 amide bonds. The molecule has 176 valence electrons. The van der Waals surface area contributed by atoms with Gasteiger partial charge in [0.05, 0.1) is 6.61 Å². The van der Waals surface area contributed by atoms with E-state index in [4.69, 9.17) is 19.2 Å². The van der Waals surface area contributed by atoms with Crippen molar-refractivity contribution < 1.29 is 23.8 Å². The Morgan fingerprint density at radius 2 is 1.88 bits per heavy atom.